The van der Waals surface area contributed by atoms with Crippen molar-refractivity contribution < 1.29 is 19.1 Å². The molecular formula is C16H23NO4. The second kappa shape index (κ2) is 6.33. The molecule has 0 spiro atoms. The first-order chi connectivity index (χ1) is 9.88. The fourth-order valence-corrected chi connectivity index (χ4v) is 3.19. The van der Waals surface area contributed by atoms with Crippen LogP contribution in [0.15, 0.2) is 10.7 Å². The smallest absolute Gasteiger partial charge is 0.311 e. The second-order valence-corrected chi connectivity index (χ2v) is 6.26. The lowest BCUT2D eigenvalue weighted by molar-refractivity contribution is -0.136. The molecule has 0 aliphatic heterocycles. The van der Waals surface area contributed by atoms with Gasteiger partial charge in [-0.2, -0.15) is 0 Å². The van der Waals surface area contributed by atoms with Crippen molar-refractivity contribution in [2.24, 2.45) is 11.8 Å². The van der Waals surface area contributed by atoms with Gasteiger partial charge in [-0.1, -0.05) is 13.8 Å². The van der Waals surface area contributed by atoms with E-state index < -0.39 is 5.97 Å². The first-order valence-electron chi connectivity index (χ1n) is 7.48. The fourth-order valence-electron chi connectivity index (χ4n) is 3.19. The van der Waals surface area contributed by atoms with Gasteiger partial charge in [-0.15, -0.1) is 0 Å². The van der Waals surface area contributed by atoms with Crippen molar-refractivity contribution in [2.45, 2.75) is 52.5 Å². The molecule has 3 unspecified atom stereocenters. The zero-order chi connectivity index (χ0) is 15.6. The Bertz CT molecular complexity index is 534. The van der Waals surface area contributed by atoms with Crippen LogP contribution < -0.4 is 5.32 Å². The Balaban J connectivity index is 2.10. The summed E-state index contributed by atoms with van der Waals surface area (Å²) in [5, 5.41) is 11.9. The van der Waals surface area contributed by atoms with Gasteiger partial charge in [0.25, 0.3) is 5.91 Å². The van der Waals surface area contributed by atoms with Gasteiger partial charge >= 0.3 is 5.97 Å². The minimum atomic E-state index is -1.00. The highest BCUT2D eigenvalue weighted by molar-refractivity contribution is 5.97. The van der Waals surface area contributed by atoms with Gasteiger partial charge in [-0.05, 0) is 38.0 Å². The molecule has 2 rings (SSSR count). The third kappa shape index (κ3) is 3.65. The third-order valence-electron chi connectivity index (χ3n) is 4.34. The maximum atomic E-state index is 12.5. The van der Waals surface area contributed by atoms with Crippen molar-refractivity contribution in [3.8, 4) is 0 Å². The number of rotatable bonds is 4. The predicted octanol–water partition coefficient (Wildman–Crippen LogP) is 2.77. The van der Waals surface area contributed by atoms with Gasteiger partial charge in [0, 0.05) is 11.6 Å². The summed E-state index contributed by atoms with van der Waals surface area (Å²) in [6.45, 7) is 6.15. The number of carboxylic acid groups (broad SMARTS) is 1. The molecule has 1 aliphatic carbocycles. The molecule has 5 nitrogen and oxygen atoms in total. The Morgan fingerprint density at radius 2 is 2.10 bits per heavy atom. The molecule has 21 heavy (non-hydrogen) atoms. The molecule has 2 N–H and O–H groups in total. The Labute approximate surface area is 124 Å². The van der Waals surface area contributed by atoms with Crippen molar-refractivity contribution in [1.82, 2.24) is 5.32 Å². The Morgan fingerprint density at radius 1 is 1.38 bits per heavy atom. The monoisotopic (exact) mass is 293 g/mol. The average molecular weight is 293 g/mol. The minimum absolute atomic E-state index is 0.153. The highest BCUT2D eigenvalue weighted by Gasteiger charge is 2.29. The van der Waals surface area contributed by atoms with Crippen LogP contribution in [0.5, 0.6) is 0 Å². The summed E-state index contributed by atoms with van der Waals surface area (Å²) < 4.78 is 5.22. The SMILES string of the molecule is Cc1coc(CC(=O)O)c1C(=O)NC1CCC(C)CC1C. The fraction of sp³-hybridized carbons (Fsp3) is 0.625. The number of nitrogens with one attached hydrogen (secondary N) is 1. The number of hydrogen-bond acceptors (Lipinski definition) is 3. The van der Waals surface area contributed by atoms with Gasteiger partial charge in [0.05, 0.1) is 11.8 Å². The molecule has 1 amide bonds. The number of aliphatic carboxylic acids is 1. The maximum absolute atomic E-state index is 12.5. The number of furan rings is 1. The Hall–Kier alpha value is -1.78. The number of carbonyl (C=O) groups is 2. The molecule has 1 aromatic rings. The van der Waals surface area contributed by atoms with E-state index in [9.17, 15) is 9.59 Å². The van der Waals surface area contributed by atoms with E-state index in [1.54, 1.807) is 6.92 Å². The lowest BCUT2D eigenvalue weighted by atomic mass is 9.80. The van der Waals surface area contributed by atoms with Crippen molar-refractivity contribution in [3.63, 3.8) is 0 Å². The number of carboxylic acids is 1. The molecule has 3 atom stereocenters. The summed E-state index contributed by atoms with van der Waals surface area (Å²) >= 11 is 0. The normalized spacial score (nSPS) is 25.6. The standard InChI is InChI=1S/C16H23NO4/c1-9-4-5-12(10(2)6-9)17-16(20)15-11(3)8-21-13(15)7-14(18)19/h8-10,12H,4-7H2,1-3H3,(H,17,20)(H,18,19). The molecule has 1 saturated carbocycles. The lowest BCUT2D eigenvalue weighted by Crippen LogP contribution is -2.42. The van der Waals surface area contributed by atoms with Crippen LogP contribution >= 0.6 is 0 Å². The molecule has 0 bridgehead atoms. The van der Waals surface area contributed by atoms with Crippen LogP contribution in [-0.2, 0) is 11.2 Å². The molecule has 0 saturated heterocycles. The molecular weight excluding hydrogens is 270 g/mol. The highest BCUT2D eigenvalue weighted by atomic mass is 16.4. The first-order valence-corrected chi connectivity index (χ1v) is 7.48. The predicted molar refractivity (Wildman–Crippen MR) is 78.2 cm³/mol. The molecule has 116 valence electrons. The molecule has 1 aromatic heterocycles. The largest absolute Gasteiger partial charge is 0.481 e. The van der Waals surface area contributed by atoms with Crippen molar-refractivity contribution in [3.05, 3.63) is 23.2 Å². The first kappa shape index (κ1) is 15.6. The topological polar surface area (TPSA) is 79.5 Å². The Kier molecular flexibility index (Phi) is 4.70. The van der Waals surface area contributed by atoms with Crippen LogP contribution in [-0.4, -0.2) is 23.0 Å². The van der Waals surface area contributed by atoms with Crippen molar-refractivity contribution >= 4 is 11.9 Å². The van der Waals surface area contributed by atoms with E-state index in [4.69, 9.17) is 9.52 Å². The average Bonchev–Trinajstić information content (AvgIpc) is 2.73. The van der Waals surface area contributed by atoms with Crippen LogP contribution in [0.3, 0.4) is 0 Å². The van der Waals surface area contributed by atoms with Crippen molar-refractivity contribution in [1.29, 1.82) is 0 Å². The van der Waals surface area contributed by atoms with Crippen LogP contribution in [0.4, 0.5) is 0 Å². The van der Waals surface area contributed by atoms with E-state index >= 15 is 0 Å². The van der Waals surface area contributed by atoms with E-state index in [0.29, 0.717) is 23.0 Å². The van der Waals surface area contributed by atoms with Crippen LogP contribution in [0.25, 0.3) is 0 Å². The van der Waals surface area contributed by atoms with E-state index in [0.717, 1.165) is 19.3 Å². The van der Waals surface area contributed by atoms with Gasteiger partial charge in [-0.3, -0.25) is 9.59 Å². The summed E-state index contributed by atoms with van der Waals surface area (Å²) in [6, 6.07) is 0.153. The number of aryl methyl sites for hydroxylation is 1. The minimum Gasteiger partial charge on any atom is -0.481 e. The van der Waals surface area contributed by atoms with Crippen LogP contribution in [0.1, 0.15) is 54.8 Å². The number of hydrogen-bond donors (Lipinski definition) is 2. The molecule has 0 radical (unpaired) electrons. The molecule has 1 aliphatic rings. The summed E-state index contributed by atoms with van der Waals surface area (Å²) in [5.74, 6) is 0.149. The summed E-state index contributed by atoms with van der Waals surface area (Å²) in [4.78, 5) is 23.3. The quantitative estimate of drug-likeness (QED) is 0.894. The highest BCUT2D eigenvalue weighted by Crippen LogP contribution is 2.29. The zero-order valence-corrected chi connectivity index (χ0v) is 12.8. The van der Waals surface area contributed by atoms with Crippen molar-refractivity contribution in [2.75, 3.05) is 0 Å². The molecule has 1 heterocycles. The summed E-state index contributed by atoms with van der Waals surface area (Å²) in [5.41, 5.74) is 1.06. The third-order valence-corrected chi connectivity index (χ3v) is 4.34. The number of carbonyl (C=O) groups excluding carboxylic acids is 1. The number of amides is 1. The summed E-state index contributed by atoms with van der Waals surface area (Å²) in [7, 11) is 0. The van der Waals surface area contributed by atoms with Gasteiger partial charge in [0.2, 0.25) is 0 Å². The zero-order valence-electron chi connectivity index (χ0n) is 12.8. The summed E-state index contributed by atoms with van der Waals surface area (Å²) in [6.07, 6.45) is 4.37. The van der Waals surface area contributed by atoms with Crippen LogP contribution in [0.2, 0.25) is 0 Å². The van der Waals surface area contributed by atoms with E-state index in [1.807, 2.05) is 0 Å². The van der Waals surface area contributed by atoms with Gasteiger partial charge in [0.15, 0.2) is 0 Å². The van der Waals surface area contributed by atoms with E-state index in [2.05, 4.69) is 19.2 Å². The van der Waals surface area contributed by atoms with E-state index in [1.165, 1.54) is 6.26 Å². The van der Waals surface area contributed by atoms with Crippen LogP contribution in [0, 0.1) is 18.8 Å². The maximum Gasteiger partial charge on any atom is 0.311 e. The Morgan fingerprint density at radius 3 is 2.71 bits per heavy atom. The molecule has 5 heteroatoms. The van der Waals surface area contributed by atoms with E-state index in [-0.39, 0.29) is 24.1 Å². The van der Waals surface area contributed by atoms with Gasteiger partial charge < -0.3 is 14.8 Å². The second-order valence-electron chi connectivity index (χ2n) is 6.26. The molecule has 1 fully saturated rings. The van der Waals surface area contributed by atoms with Gasteiger partial charge in [0.1, 0.15) is 12.2 Å². The lowest BCUT2D eigenvalue weighted by Gasteiger charge is -2.33. The molecule has 0 aromatic carbocycles. The van der Waals surface area contributed by atoms with Gasteiger partial charge in [-0.25, -0.2) is 0 Å².